The first kappa shape index (κ1) is 13.8. The van der Waals surface area contributed by atoms with E-state index >= 15 is 0 Å². The molecule has 1 heterocycles. The van der Waals surface area contributed by atoms with Gasteiger partial charge in [0.25, 0.3) is 0 Å². The zero-order valence-electron chi connectivity index (χ0n) is 11.9. The molecule has 0 radical (unpaired) electrons. The zero-order valence-corrected chi connectivity index (χ0v) is 11.9. The number of aliphatic carboxylic acids is 1. The highest BCUT2D eigenvalue weighted by molar-refractivity contribution is 5.85. The first-order chi connectivity index (χ1) is 10.1. The molecular weight excluding hydrogens is 268 g/mol. The lowest BCUT2D eigenvalue weighted by Gasteiger charge is -2.23. The summed E-state index contributed by atoms with van der Waals surface area (Å²) >= 11 is 0. The van der Waals surface area contributed by atoms with Crippen LogP contribution in [0.15, 0.2) is 36.5 Å². The Labute approximate surface area is 123 Å². The predicted octanol–water partition coefficient (Wildman–Crippen LogP) is 2.21. The molecule has 0 amide bonds. The Morgan fingerprint density at radius 2 is 2.29 bits per heavy atom. The van der Waals surface area contributed by atoms with Crippen LogP contribution in [0.3, 0.4) is 0 Å². The molecule has 3 rings (SSSR count). The number of ether oxygens (including phenoxy) is 1. The third-order valence-corrected chi connectivity index (χ3v) is 4.26. The van der Waals surface area contributed by atoms with E-state index in [0.29, 0.717) is 12.8 Å². The fraction of sp³-hybridized carbons (Fsp3) is 0.375. The molecule has 2 atom stereocenters. The zero-order chi connectivity index (χ0) is 14.9. The summed E-state index contributed by atoms with van der Waals surface area (Å²) in [5, 5.41) is 13.3. The minimum absolute atomic E-state index is 0.0978. The molecule has 1 saturated carbocycles. The van der Waals surface area contributed by atoms with Crippen LogP contribution >= 0.6 is 0 Å². The minimum atomic E-state index is -0.868. The van der Waals surface area contributed by atoms with Gasteiger partial charge in [-0.1, -0.05) is 6.07 Å². The molecule has 0 spiro atoms. The van der Waals surface area contributed by atoms with Crippen LogP contribution in [0.25, 0.3) is 10.9 Å². The second-order valence-corrected chi connectivity index (χ2v) is 5.45. The Morgan fingerprint density at radius 3 is 3.00 bits per heavy atom. The quantitative estimate of drug-likeness (QED) is 0.901. The van der Waals surface area contributed by atoms with E-state index in [0.717, 1.165) is 23.1 Å². The summed E-state index contributed by atoms with van der Waals surface area (Å²) in [5.74, 6) is -0.0430. The highest BCUT2D eigenvalue weighted by atomic mass is 16.5. The third kappa shape index (κ3) is 2.45. The molecule has 5 nitrogen and oxygen atoms in total. The van der Waals surface area contributed by atoms with Gasteiger partial charge >= 0.3 is 5.97 Å². The molecule has 1 aliphatic rings. The van der Waals surface area contributed by atoms with Crippen molar-refractivity contribution in [3.63, 3.8) is 0 Å². The molecule has 2 unspecified atom stereocenters. The van der Waals surface area contributed by atoms with Crippen molar-refractivity contribution in [1.29, 1.82) is 0 Å². The molecule has 0 bridgehead atoms. The van der Waals surface area contributed by atoms with E-state index in [1.165, 1.54) is 0 Å². The number of pyridine rings is 1. The maximum Gasteiger partial charge on any atom is 0.324 e. The Morgan fingerprint density at radius 1 is 1.43 bits per heavy atom. The van der Waals surface area contributed by atoms with Crippen LogP contribution in [0.1, 0.15) is 19.3 Å². The number of carboxylic acid groups (broad SMARTS) is 1. The first-order valence-electron chi connectivity index (χ1n) is 7.07. The van der Waals surface area contributed by atoms with Crippen molar-refractivity contribution in [3.05, 3.63) is 36.5 Å². The van der Waals surface area contributed by atoms with Gasteiger partial charge in [-0.15, -0.1) is 0 Å². The molecule has 21 heavy (non-hydrogen) atoms. The molecule has 2 N–H and O–H groups in total. The van der Waals surface area contributed by atoms with Gasteiger partial charge in [0.15, 0.2) is 0 Å². The van der Waals surface area contributed by atoms with Gasteiger partial charge in [0, 0.05) is 18.0 Å². The van der Waals surface area contributed by atoms with Crippen LogP contribution in [-0.2, 0) is 4.79 Å². The van der Waals surface area contributed by atoms with Crippen molar-refractivity contribution in [2.45, 2.75) is 30.9 Å². The van der Waals surface area contributed by atoms with E-state index in [4.69, 9.17) is 4.74 Å². The number of nitrogens with zero attached hydrogens (tertiary/aromatic N) is 1. The summed E-state index contributed by atoms with van der Waals surface area (Å²) in [4.78, 5) is 15.7. The van der Waals surface area contributed by atoms with Crippen LogP contribution in [0, 0.1) is 0 Å². The van der Waals surface area contributed by atoms with Crippen LogP contribution in [-0.4, -0.2) is 34.8 Å². The summed E-state index contributed by atoms with van der Waals surface area (Å²) in [6.07, 6.45) is 3.42. The minimum Gasteiger partial charge on any atom is -0.490 e. The smallest absolute Gasteiger partial charge is 0.324 e. The summed E-state index contributed by atoms with van der Waals surface area (Å²) in [6, 6.07) is 9.59. The van der Waals surface area contributed by atoms with E-state index in [9.17, 15) is 9.90 Å². The maximum absolute atomic E-state index is 11.4. The van der Waals surface area contributed by atoms with Crippen molar-refractivity contribution >= 4 is 16.9 Å². The molecule has 1 aromatic carbocycles. The van der Waals surface area contributed by atoms with E-state index < -0.39 is 11.5 Å². The van der Waals surface area contributed by atoms with Gasteiger partial charge in [0.1, 0.15) is 17.4 Å². The summed E-state index contributed by atoms with van der Waals surface area (Å²) in [7, 11) is 1.69. The van der Waals surface area contributed by atoms with Crippen LogP contribution in [0.2, 0.25) is 0 Å². The number of hydrogen-bond donors (Lipinski definition) is 2. The number of benzene rings is 1. The normalized spacial score (nSPS) is 25.1. The average Bonchev–Trinajstić information content (AvgIpc) is 2.92. The topological polar surface area (TPSA) is 71.5 Å². The Bertz CT molecular complexity index is 668. The van der Waals surface area contributed by atoms with Crippen molar-refractivity contribution in [2.24, 2.45) is 0 Å². The molecule has 110 valence electrons. The number of carbonyl (C=O) groups is 1. The van der Waals surface area contributed by atoms with Gasteiger partial charge in [0.2, 0.25) is 0 Å². The molecule has 1 aliphatic carbocycles. The van der Waals surface area contributed by atoms with Gasteiger partial charge in [-0.2, -0.15) is 0 Å². The lowest BCUT2D eigenvalue weighted by atomic mass is 9.98. The number of carboxylic acids is 1. The molecule has 0 saturated heterocycles. The fourth-order valence-corrected chi connectivity index (χ4v) is 2.99. The summed E-state index contributed by atoms with van der Waals surface area (Å²) in [6.45, 7) is 0. The van der Waals surface area contributed by atoms with E-state index in [2.05, 4.69) is 10.3 Å². The lowest BCUT2D eigenvalue weighted by Crippen LogP contribution is -2.48. The molecular formula is C16H18N2O3. The second-order valence-electron chi connectivity index (χ2n) is 5.45. The van der Waals surface area contributed by atoms with Crippen molar-refractivity contribution in [3.8, 4) is 5.75 Å². The number of hydrogen-bond acceptors (Lipinski definition) is 4. The number of rotatable bonds is 4. The van der Waals surface area contributed by atoms with E-state index in [1.54, 1.807) is 13.2 Å². The average molecular weight is 286 g/mol. The predicted molar refractivity (Wildman–Crippen MR) is 79.4 cm³/mol. The SMILES string of the molecule is CNC1(C(=O)O)CCC(Oc2cccc3ncccc23)C1. The van der Waals surface area contributed by atoms with Crippen molar-refractivity contribution < 1.29 is 14.6 Å². The van der Waals surface area contributed by atoms with Gasteiger partial charge in [-0.05, 0) is 44.2 Å². The van der Waals surface area contributed by atoms with Gasteiger partial charge < -0.3 is 15.2 Å². The van der Waals surface area contributed by atoms with Crippen LogP contribution in [0.5, 0.6) is 5.75 Å². The monoisotopic (exact) mass is 286 g/mol. The molecule has 1 fully saturated rings. The fourth-order valence-electron chi connectivity index (χ4n) is 2.99. The highest BCUT2D eigenvalue weighted by Gasteiger charge is 2.45. The van der Waals surface area contributed by atoms with Gasteiger partial charge in [-0.3, -0.25) is 9.78 Å². The first-order valence-corrected chi connectivity index (χ1v) is 7.07. The third-order valence-electron chi connectivity index (χ3n) is 4.26. The van der Waals surface area contributed by atoms with Gasteiger partial charge in [0.05, 0.1) is 5.52 Å². The highest BCUT2D eigenvalue weighted by Crippen LogP contribution is 2.34. The number of aromatic nitrogens is 1. The summed E-state index contributed by atoms with van der Waals surface area (Å²) in [5.41, 5.74) is 0.0131. The lowest BCUT2D eigenvalue weighted by molar-refractivity contribution is -0.144. The molecule has 5 heteroatoms. The van der Waals surface area contributed by atoms with Crippen LogP contribution < -0.4 is 10.1 Å². The molecule has 2 aromatic rings. The standard InChI is InChI=1S/C16H18N2O3/c1-17-16(15(19)20)8-7-11(10-16)21-14-6-2-5-13-12(14)4-3-9-18-13/h2-6,9,11,17H,7-8,10H2,1H3,(H,19,20). The van der Waals surface area contributed by atoms with Crippen LogP contribution in [0.4, 0.5) is 0 Å². The Kier molecular flexibility index (Phi) is 3.51. The van der Waals surface area contributed by atoms with E-state index in [-0.39, 0.29) is 6.10 Å². The molecule has 0 aliphatic heterocycles. The number of nitrogens with one attached hydrogen (secondary N) is 1. The maximum atomic E-state index is 11.4. The Hall–Kier alpha value is -2.14. The van der Waals surface area contributed by atoms with Gasteiger partial charge in [-0.25, -0.2) is 0 Å². The largest absolute Gasteiger partial charge is 0.490 e. The molecule has 1 aromatic heterocycles. The second kappa shape index (κ2) is 5.33. The number of likely N-dealkylation sites (N-methyl/N-ethyl adjacent to an activating group) is 1. The summed E-state index contributed by atoms with van der Waals surface area (Å²) < 4.78 is 6.05. The number of fused-ring (bicyclic) bond motifs is 1. The Balaban J connectivity index is 1.83. The van der Waals surface area contributed by atoms with E-state index in [1.807, 2.05) is 30.3 Å². The van der Waals surface area contributed by atoms with Crippen molar-refractivity contribution in [2.75, 3.05) is 7.05 Å². The van der Waals surface area contributed by atoms with Crippen molar-refractivity contribution in [1.82, 2.24) is 10.3 Å².